The number of nitrogens with zero attached hydrogens (tertiary/aromatic N) is 2. The monoisotopic (exact) mass is 340 g/mol. The molecule has 2 rings (SSSR count). The Balaban J connectivity index is 1.96. The molecule has 0 aliphatic carbocycles. The summed E-state index contributed by atoms with van der Waals surface area (Å²) < 4.78 is 8.66. The predicted molar refractivity (Wildman–Crippen MR) is 81.8 cm³/mol. The van der Waals surface area contributed by atoms with E-state index in [0.29, 0.717) is 13.0 Å². The van der Waals surface area contributed by atoms with Gasteiger partial charge in [-0.3, -0.25) is 0 Å². The first-order valence-electron chi connectivity index (χ1n) is 6.73. The fraction of sp³-hybridized carbons (Fsp3) is 0.500. The fourth-order valence-electron chi connectivity index (χ4n) is 2.09. The molecule has 0 saturated carbocycles. The standard InChI is InChI=1S/C14H20N4OSe/c1-14(2,8-9-15)7-6-12(19)16-10-4-3-5-11-13(10)18-20-17-11/h3-5H,6-9,15H2,1-2H3,(H,16,19). The van der Waals surface area contributed by atoms with Crippen molar-refractivity contribution in [2.45, 2.75) is 33.1 Å². The van der Waals surface area contributed by atoms with E-state index >= 15 is 0 Å². The number of carbonyl (C=O) groups is 1. The second-order valence-corrected chi connectivity index (χ2v) is 6.80. The van der Waals surface area contributed by atoms with Gasteiger partial charge in [-0.1, -0.05) is 0 Å². The van der Waals surface area contributed by atoms with Gasteiger partial charge in [0.2, 0.25) is 0 Å². The summed E-state index contributed by atoms with van der Waals surface area (Å²) in [5.41, 5.74) is 8.16. The second kappa shape index (κ2) is 6.48. The summed E-state index contributed by atoms with van der Waals surface area (Å²) in [6.45, 7) is 4.94. The molecule has 2 aromatic rings. The summed E-state index contributed by atoms with van der Waals surface area (Å²) in [6.07, 6.45) is 2.26. The van der Waals surface area contributed by atoms with E-state index in [1.54, 1.807) is 0 Å². The van der Waals surface area contributed by atoms with Crippen molar-refractivity contribution < 1.29 is 4.79 Å². The number of fused-ring (bicyclic) bond motifs is 1. The molecule has 0 radical (unpaired) electrons. The molecule has 0 fully saturated rings. The number of hydrogen-bond acceptors (Lipinski definition) is 4. The van der Waals surface area contributed by atoms with E-state index in [4.69, 9.17) is 5.73 Å². The maximum absolute atomic E-state index is 12.1. The van der Waals surface area contributed by atoms with Gasteiger partial charge < -0.3 is 0 Å². The number of aromatic nitrogens is 2. The predicted octanol–water partition coefficient (Wildman–Crippen LogP) is 1.78. The van der Waals surface area contributed by atoms with E-state index < -0.39 is 0 Å². The third-order valence-corrected chi connectivity index (χ3v) is 4.55. The van der Waals surface area contributed by atoms with Crippen LogP contribution >= 0.6 is 0 Å². The molecular weight excluding hydrogens is 319 g/mol. The average molecular weight is 339 g/mol. The molecule has 0 aliphatic rings. The van der Waals surface area contributed by atoms with Crippen LogP contribution in [0.3, 0.4) is 0 Å². The van der Waals surface area contributed by atoms with Gasteiger partial charge in [0.25, 0.3) is 0 Å². The van der Waals surface area contributed by atoms with Crippen molar-refractivity contribution in [1.82, 2.24) is 7.96 Å². The molecule has 1 heterocycles. The van der Waals surface area contributed by atoms with Gasteiger partial charge in [-0.15, -0.1) is 0 Å². The second-order valence-electron chi connectivity index (χ2n) is 5.69. The number of anilines is 1. The Morgan fingerprint density at radius 3 is 2.90 bits per heavy atom. The van der Waals surface area contributed by atoms with Crippen LogP contribution in [-0.4, -0.2) is 35.4 Å². The third-order valence-electron chi connectivity index (χ3n) is 3.41. The first-order valence-corrected chi connectivity index (χ1v) is 8.26. The van der Waals surface area contributed by atoms with Gasteiger partial charge in [-0.25, -0.2) is 0 Å². The summed E-state index contributed by atoms with van der Waals surface area (Å²) in [5.74, 6) is 0.0260. The van der Waals surface area contributed by atoms with Crippen LogP contribution in [0.1, 0.15) is 33.1 Å². The van der Waals surface area contributed by atoms with E-state index in [9.17, 15) is 4.79 Å². The van der Waals surface area contributed by atoms with Crippen molar-refractivity contribution in [3.63, 3.8) is 0 Å². The average Bonchev–Trinajstić information content (AvgIpc) is 2.86. The molecule has 0 atom stereocenters. The van der Waals surface area contributed by atoms with E-state index in [-0.39, 0.29) is 26.3 Å². The van der Waals surface area contributed by atoms with E-state index in [1.165, 1.54) is 0 Å². The minimum atomic E-state index is -0.0771. The van der Waals surface area contributed by atoms with Crippen LogP contribution < -0.4 is 11.1 Å². The summed E-state index contributed by atoms with van der Waals surface area (Å²) in [5, 5.41) is 2.94. The van der Waals surface area contributed by atoms with Crippen LogP contribution in [0.25, 0.3) is 11.0 Å². The summed E-state index contributed by atoms with van der Waals surface area (Å²) in [7, 11) is 0. The zero-order chi connectivity index (χ0) is 14.6. The van der Waals surface area contributed by atoms with E-state index in [1.807, 2.05) is 18.2 Å². The first-order chi connectivity index (χ1) is 9.52. The molecular formula is C14H20N4OSe. The number of rotatable bonds is 6. The normalized spacial score (nSPS) is 11.8. The SMILES string of the molecule is CC(C)(CCN)CCC(=O)Nc1cccc2n[se]nc12. The van der Waals surface area contributed by atoms with Gasteiger partial charge in [0.15, 0.2) is 0 Å². The van der Waals surface area contributed by atoms with Gasteiger partial charge in [0, 0.05) is 0 Å². The Morgan fingerprint density at radius 1 is 1.35 bits per heavy atom. The molecule has 1 aromatic carbocycles. The molecule has 3 N–H and O–H groups in total. The molecule has 108 valence electrons. The molecule has 0 spiro atoms. The van der Waals surface area contributed by atoms with E-state index in [0.717, 1.165) is 29.6 Å². The topological polar surface area (TPSA) is 80.9 Å². The summed E-state index contributed by atoms with van der Waals surface area (Å²) in [6, 6.07) is 5.70. The number of nitrogens with one attached hydrogen (secondary N) is 1. The Hall–Kier alpha value is -1.23. The number of amides is 1. The molecule has 20 heavy (non-hydrogen) atoms. The van der Waals surface area contributed by atoms with Crippen molar-refractivity contribution >= 4 is 37.6 Å². The van der Waals surface area contributed by atoms with Crippen molar-refractivity contribution in [2.75, 3.05) is 11.9 Å². The van der Waals surface area contributed by atoms with Gasteiger partial charge >= 0.3 is 125 Å². The van der Waals surface area contributed by atoms with Crippen LogP contribution in [0.15, 0.2) is 18.2 Å². The number of nitrogens with two attached hydrogens (primary N) is 1. The zero-order valence-electron chi connectivity index (χ0n) is 11.8. The van der Waals surface area contributed by atoms with Crippen LogP contribution in [0.5, 0.6) is 0 Å². The molecule has 5 nitrogen and oxygen atoms in total. The van der Waals surface area contributed by atoms with E-state index in [2.05, 4.69) is 27.1 Å². The minimum absolute atomic E-state index is 0.0260. The van der Waals surface area contributed by atoms with Gasteiger partial charge in [0.05, 0.1) is 0 Å². The van der Waals surface area contributed by atoms with Gasteiger partial charge in [0.1, 0.15) is 0 Å². The molecule has 0 bridgehead atoms. The zero-order valence-corrected chi connectivity index (χ0v) is 13.6. The van der Waals surface area contributed by atoms with Crippen molar-refractivity contribution in [3.05, 3.63) is 18.2 Å². The molecule has 0 aliphatic heterocycles. The van der Waals surface area contributed by atoms with Crippen LogP contribution in [-0.2, 0) is 4.79 Å². The molecule has 1 aromatic heterocycles. The summed E-state index contributed by atoms with van der Waals surface area (Å²) >= 11 is -0.0771. The number of carbonyl (C=O) groups excluding carboxylic acids is 1. The van der Waals surface area contributed by atoms with Crippen molar-refractivity contribution in [1.29, 1.82) is 0 Å². The molecule has 6 heteroatoms. The Bertz CT molecular complexity index is 594. The van der Waals surface area contributed by atoms with Crippen LogP contribution in [0.4, 0.5) is 5.69 Å². The Morgan fingerprint density at radius 2 is 2.15 bits per heavy atom. The third kappa shape index (κ3) is 3.88. The molecule has 0 saturated heterocycles. The maximum atomic E-state index is 12.1. The summed E-state index contributed by atoms with van der Waals surface area (Å²) in [4.78, 5) is 12.1. The molecule has 0 unspecified atom stereocenters. The number of hydrogen-bond donors (Lipinski definition) is 2. The van der Waals surface area contributed by atoms with Crippen LogP contribution in [0.2, 0.25) is 0 Å². The number of benzene rings is 1. The van der Waals surface area contributed by atoms with Crippen molar-refractivity contribution in [3.8, 4) is 0 Å². The van der Waals surface area contributed by atoms with Gasteiger partial charge in [-0.2, -0.15) is 0 Å². The Labute approximate surface area is 125 Å². The molecule has 1 amide bonds. The van der Waals surface area contributed by atoms with Crippen molar-refractivity contribution in [2.24, 2.45) is 11.1 Å². The fourth-order valence-corrected chi connectivity index (χ4v) is 3.24. The first kappa shape index (κ1) is 15.2. The van der Waals surface area contributed by atoms with Crippen LogP contribution in [0, 0.1) is 5.41 Å². The van der Waals surface area contributed by atoms with Gasteiger partial charge in [-0.05, 0) is 0 Å². The quantitative estimate of drug-likeness (QED) is 0.786. The Kier molecular flexibility index (Phi) is 4.91.